The molecular weight excluding hydrogens is 560 g/mol. The molecule has 7 rings (SSSR count). The van der Waals surface area contributed by atoms with Crippen LogP contribution in [-0.4, -0.2) is 69.1 Å². The number of aliphatic carboxylic acids is 1. The average molecular weight is 594 g/mol. The monoisotopic (exact) mass is 593 g/mol. The number of hydrogen-bond acceptors (Lipinski definition) is 7. The van der Waals surface area contributed by atoms with E-state index in [1.807, 2.05) is 49.6 Å². The number of ether oxygens (including phenoxy) is 1. The van der Waals surface area contributed by atoms with Gasteiger partial charge in [-0.3, -0.25) is 4.79 Å². The van der Waals surface area contributed by atoms with Crippen molar-refractivity contribution in [2.75, 3.05) is 31.1 Å². The minimum atomic E-state index is -1.43. The number of nitrogens with zero attached hydrogens (tertiary/aromatic N) is 5. The van der Waals surface area contributed by atoms with Gasteiger partial charge in [-0.1, -0.05) is 12.1 Å². The number of likely N-dealkylation sites (tertiary alicyclic amines) is 1. The first-order chi connectivity index (χ1) is 20.4. The van der Waals surface area contributed by atoms with Crippen molar-refractivity contribution < 1.29 is 47.5 Å². The summed E-state index contributed by atoms with van der Waals surface area (Å²) in [5, 5.41) is 12.3. The average Bonchev–Trinajstić information content (AvgIpc) is 3.59. The van der Waals surface area contributed by atoms with E-state index in [1.54, 1.807) is 17.3 Å². The number of aryl methyl sites for hydroxylation is 1. The van der Waals surface area contributed by atoms with Gasteiger partial charge in [-0.05, 0) is 69.0 Å². The van der Waals surface area contributed by atoms with Gasteiger partial charge in [0.15, 0.2) is 0 Å². The fourth-order valence-electron chi connectivity index (χ4n) is 6.91. The third-order valence-corrected chi connectivity index (χ3v) is 8.92. The molecule has 0 bridgehead atoms. The fraction of sp³-hybridized carbons (Fsp3) is 0.438. The molecule has 3 aromatic rings. The van der Waals surface area contributed by atoms with E-state index in [2.05, 4.69) is 9.88 Å². The summed E-state index contributed by atoms with van der Waals surface area (Å²) in [6.45, 7) is 9.20. The molecule has 4 aliphatic rings. The van der Waals surface area contributed by atoms with Gasteiger partial charge in [0.05, 0.1) is 24.5 Å². The summed E-state index contributed by atoms with van der Waals surface area (Å²) >= 11 is 0. The Morgan fingerprint density at radius 2 is 1.77 bits per heavy atom. The number of rotatable bonds is 5. The van der Waals surface area contributed by atoms with E-state index in [-0.39, 0.29) is 48.0 Å². The maximum absolute atomic E-state index is 15.4. The molecule has 2 saturated heterocycles. The molecule has 2 fully saturated rings. The Morgan fingerprint density at radius 3 is 2.43 bits per heavy atom. The van der Waals surface area contributed by atoms with Crippen LogP contribution in [0.1, 0.15) is 60.5 Å². The normalized spacial score (nSPS) is 18.7. The number of benzene rings is 2. The molecule has 10 nitrogen and oxygen atoms in total. The maximum Gasteiger partial charge on any atom is 1.00 e. The zero-order valence-electron chi connectivity index (χ0n) is 25.4. The van der Waals surface area contributed by atoms with Crippen molar-refractivity contribution in [1.82, 2.24) is 19.4 Å². The van der Waals surface area contributed by atoms with Crippen LogP contribution in [-0.2, 0) is 29.0 Å². The second-order valence-corrected chi connectivity index (χ2v) is 13.3. The number of halogens is 1. The number of carbonyl (C=O) groups is 3. The molecule has 1 spiro atoms. The van der Waals surface area contributed by atoms with Crippen LogP contribution in [0.2, 0.25) is 0 Å². The molecule has 5 heterocycles. The zero-order valence-corrected chi connectivity index (χ0v) is 25.4. The number of aromatic nitrogens is 2. The summed E-state index contributed by atoms with van der Waals surface area (Å²) in [6, 6.07) is 9.37. The molecule has 1 atom stereocenters. The minimum Gasteiger partial charge on any atom is -0.547 e. The van der Waals surface area contributed by atoms with Gasteiger partial charge in [-0.25, -0.2) is 14.2 Å². The van der Waals surface area contributed by atoms with E-state index < -0.39 is 29.3 Å². The van der Waals surface area contributed by atoms with Crippen LogP contribution in [0.5, 0.6) is 0 Å². The summed E-state index contributed by atoms with van der Waals surface area (Å²) in [5.74, 6) is -2.53. The van der Waals surface area contributed by atoms with E-state index >= 15 is 4.39 Å². The number of carboxylic acids is 1. The van der Waals surface area contributed by atoms with Crippen molar-refractivity contribution in [1.29, 1.82) is 0 Å². The second-order valence-electron chi connectivity index (χ2n) is 13.3. The fourth-order valence-corrected chi connectivity index (χ4v) is 6.91. The molecular formula is C32H33FLiN5O5. The number of imidazole rings is 1. The van der Waals surface area contributed by atoms with Crippen molar-refractivity contribution >= 4 is 23.7 Å². The predicted molar refractivity (Wildman–Crippen MR) is 152 cm³/mol. The van der Waals surface area contributed by atoms with Gasteiger partial charge in [-0.15, -0.1) is 0 Å². The van der Waals surface area contributed by atoms with Crippen LogP contribution in [0.15, 0.2) is 42.7 Å². The van der Waals surface area contributed by atoms with Gasteiger partial charge < -0.3 is 33.9 Å². The van der Waals surface area contributed by atoms with Crippen LogP contribution in [0.4, 0.5) is 14.9 Å². The first kappa shape index (κ1) is 30.2. The number of amides is 2. The quantitative estimate of drug-likeness (QED) is 0.387. The van der Waals surface area contributed by atoms with Gasteiger partial charge >= 0.3 is 25.0 Å². The standard InChI is InChI=1S/C32H34FN5O5.Li/c1-31(2,3)43-30(42)37-16-32(17-37)14-36(15-32)21-8-6-19(7-9-21)20-11-22-23(24(33)12-20)13-38(28(22)39)27(29(40)41)26-25-5-4-10-35(25)18-34-26;/h6-9,11-12,18,27H,4-5,10,13-17H2,1-3H3,(H,40,41);/q;+1/p-1. The molecule has 0 saturated carbocycles. The third kappa shape index (κ3) is 5.06. The van der Waals surface area contributed by atoms with Crippen molar-refractivity contribution in [3.05, 3.63) is 71.1 Å². The van der Waals surface area contributed by atoms with E-state index in [0.29, 0.717) is 30.8 Å². The van der Waals surface area contributed by atoms with Crippen LogP contribution in [0, 0.1) is 11.2 Å². The summed E-state index contributed by atoms with van der Waals surface area (Å²) in [5.41, 5.74) is 3.30. The van der Waals surface area contributed by atoms with Gasteiger partial charge in [0, 0.05) is 60.6 Å². The number of fused-ring (bicyclic) bond motifs is 2. The molecule has 1 unspecified atom stereocenters. The number of carbonyl (C=O) groups excluding carboxylic acids is 3. The van der Waals surface area contributed by atoms with E-state index in [0.717, 1.165) is 47.9 Å². The molecule has 12 heteroatoms. The Labute approximate surface area is 267 Å². The Bertz CT molecular complexity index is 1650. The van der Waals surface area contributed by atoms with Crippen LogP contribution < -0.4 is 28.9 Å². The number of hydrogen-bond donors (Lipinski definition) is 0. The maximum atomic E-state index is 15.4. The topological polar surface area (TPSA) is 111 Å². The second kappa shape index (κ2) is 10.7. The molecule has 0 radical (unpaired) electrons. The van der Waals surface area contributed by atoms with Crippen LogP contribution in [0.3, 0.4) is 0 Å². The van der Waals surface area contributed by atoms with Gasteiger partial charge in [0.25, 0.3) is 5.91 Å². The SMILES string of the molecule is CC(C)(C)OC(=O)N1CC2(C1)CN(c1ccc(-c3cc(F)c4c(c3)C(=O)N(C(C(=O)[O-])c3ncn5c3CCC5)C4)cc1)C2.[Li+]. The van der Waals surface area contributed by atoms with E-state index in [1.165, 1.54) is 6.07 Å². The summed E-state index contributed by atoms with van der Waals surface area (Å²) in [7, 11) is 0. The van der Waals surface area contributed by atoms with Crippen molar-refractivity contribution in [2.24, 2.45) is 5.41 Å². The van der Waals surface area contributed by atoms with Crippen molar-refractivity contribution in [3.8, 4) is 11.1 Å². The first-order valence-electron chi connectivity index (χ1n) is 14.6. The Kier molecular flexibility index (Phi) is 7.33. The molecule has 224 valence electrons. The molecule has 0 N–H and O–H groups in total. The van der Waals surface area contributed by atoms with E-state index in [9.17, 15) is 19.5 Å². The van der Waals surface area contributed by atoms with Crippen molar-refractivity contribution in [2.45, 2.75) is 58.3 Å². The molecule has 2 aromatic carbocycles. The Morgan fingerprint density at radius 1 is 1.07 bits per heavy atom. The Hall–Kier alpha value is -3.81. The van der Waals surface area contributed by atoms with Gasteiger partial charge in [0.2, 0.25) is 0 Å². The largest absolute Gasteiger partial charge is 1.00 e. The summed E-state index contributed by atoms with van der Waals surface area (Å²) in [4.78, 5) is 47.5. The minimum absolute atomic E-state index is 0. The zero-order chi connectivity index (χ0) is 30.3. The van der Waals surface area contributed by atoms with Crippen molar-refractivity contribution in [3.63, 3.8) is 0 Å². The molecule has 2 amide bonds. The number of anilines is 1. The Balaban J connectivity index is 0.00000343. The van der Waals surface area contributed by atoms with Crippen LogP contribution in [0.25, 0.3) is 11.1 Å². The predicted octanol–water partition coefficient (Wildman–Crippen LogP) is 0.144. The molecule has 1 aromatic heterocycles. The molecule has 4 aliphatic heterocycles. The van der Waals surface area contributed by atoms with E-state index in [4.69, 9.17) is 4.74 Å². The smallest absolute Gasteiger partial charge is 0.547 e. The molecule has 44 heavy (non-hydrogen) atoms. The summed E-state index contributed by atoms with van der Waals surface area (Å²) in [6.07, 6.45) is 2.87. The third-order valence-electron chi connectivity index (χ3n) is 8.92. The van der Waals surface area contributed by atoms with Gasteiger partial charge in [-0.2, -0.15) is 0 Å². The first-order valence-corrected chi connectivity index (χ1v) is 14.6. The number of carboxylic acid groups (broad SMARTS) is 1. The van der Waals surface area contributed by atoms with Crippen LogP contribution >= 0.6 is 0 Å². The molecule has 0 aliphatic carbocycles. The summed E-state index contributed by atoms with van der Waals surface area (Å²) < 4.78 is 22.7. The van der Waals surface area contributed by atoms with Gasteiger partial charge in [0.1, 0.15) is 17.5 Å².